The van der Waals surface area contributed by atoms with Gasteiger partial charge in [0, 0.05) is 18.2 Å². The average molecular weight is 270 g/mol. The van der Waals surface area contributed by atoms with Gasteiger partial charge in [-0.3, -0.25) is 0 Å². The molecule has 0 bridgehead atoms. The number of rotatable bonds is 6. The molecule has 3 N–H and O–H groups in total. The lowest BCUT2D eigenvalue weighted by atomic mass is 10.0. The largest absolute Gasteiger partial charge is 0.434 e. The first-order chi connectivity index (χ1) is 9.20. The number of nitrogens with one attached hydrogen (secondary N) is 1. The molecule has 1 fully saturated rings. The SMILES string of the molecule is NCC1CCCC1NCc1ccccc1OC(F)F. The molecule has 0 amide bonds. The smallest absolute Gasteiger partial charge is 0.387 e. The molecule has 106 valence electrons. The molecule has 0 saturated heterocycles. The Morgan fingerprint density at radius 2 is 2.11 bits per heavy atom. The highest BCUT2D eigenvalue weighted by molar-refractivity contribution is 5.33. The molecule has 1 aromatic carbocycles. The first-order valence-electron chi connectivity index (χ1n) is 6.67. The number of ether oxygens (including phenoxy) is 1. The molecule has 1 aromatic rings. The van der Waals surface area contributed by atoms with Crippen molar-refractivity contribution < 1.29 is 13.5 Å². The minimum Gasteiger partial charge on any atom is -0.434 e. The molecule has 1 saturated carbocycles. The van der Waals surface area contributed by atoms with Gasteiger partial charge in [0.2, 0.25) is 0 Å². The fraction of sp³-hybridized carbons (Fsp3) is 0.571. The van der Waals surface area contributed by atoms with Gasteiger partial charge in [-0.15, -0.1) is 0 Å². The van der Waals surface area contributed by atoms with Gasteiger partial charge >= 0.3 is 6.61 Å². The Labute approximate surface area is 112 Å². The van der Waals surface area contributed by atoms with Crippen LogP contribution in [0.1, 0.15) is 24.8 Å². The second-order valence-corrected chi connectivity index (χ2v) is 4.90. The number of hydrogen-bond donors (Lipinski definition) is 2. The van der Waals surface area contributed by atoms with Crippen molar-refractivity contribution in [3.05, 3.63) is 29.8 Å². The highest BCUT2D eigenvalue weighted by Gasteiger charge is 2.25. The van der Waals surface area contributed by atoms with Crippen molar-refractivity contribution in [1.29, 1.82) is 0 Å². The summed E-state index contributed by atoms with van der Waals surface area (Å²) in [7, 11) is 0. The summed E-state index contributed by atoms with van der Waals surface area (Å²) in [5.74, 6) is 0.732. The Morgan fingerprint density at radius 1 is 1.32 bits per heavy atom. The Balaban J connectivity index is 1.95. The van der Waals surface area contributed by atoms with Gasteiger partial charge in [0.15, 0.2) is 0 Å². The molecule has 0 aliphatic heterocycles. The second-order valence-electron chi connectivity index (χ2n) is 4.90. The van der Waals surface area contributed by atoms with E-state index in [-0.39, 0.29) is 5.75 Å². The van der Waals surface area contributed by atoms with Crippen molar-refractivity contribution >= 4 is 0 Å². The summed E-state index contributed by atoms with van der Waals surface area (Å²) >= 11 is 0. The van der Waals surface area contributed by atoms with Crippen molar-refractivity contribution in [2.24, 2.45) is 11.7 Å². The minimum atomic E-state index is -2.79. The Kier molecular flexibility index (Phi) is 5.10. The number of benzene rings is 1. The maximum absolute atomic E-state index is 12.3. The molecule has 2 unspecified atom stereocenters. The minimum absolute atomic E-state index is 0.243. The van der Waals surface area contributed by atoms with Gasteiger partial charge in [-0.05, 0) is 31.4 Å². The highest BCUT2D eigenvalue weighted by atomic mass is 19.3. The lowest BCUT2D eigenvalue weighted by molar-refractivity contribution is -0.0505. The normalized spacial score (nSPS) is 22.9. The van der Waals surface area contributed by atoms with Crippen molar-refractivity contribution in [1.82, 2.24) is 5.32 Å². The van der Waals surface area contributed by atoms with Crippen molar-refractivity contribution in [2.45, 2.75) is 38.5 Å². The summed E-state index contributed by atoms with van der Waals surface area (Å²) in [4.78, 5) is 0. The zero-order valence-corrected chi connectivity index (χ0v) is 10.8. The van der Waals surface area contributed by atoms with Gasteiger partial charge in [-0.25, -0.2) is 0 Å². The van der Waals surface area contributed by atoms with Crippen molar-refractivity contribution in [2.75, 3.05) is 6.54 Å². The van der Waals surface area contributed by atoms with Gasteiger partial charge in [0.1, 0.15) is 5.75 Å². The maximum atomic E-state index is 12.3. The highest BCUT2D eigenvalue weighted by Crippen LogP contribution is 2.26. The molecule has 1 aliphatic carbocycles. The van der Waals surface area contributed by atoms with Gasteiger partial charge in [0.05, 0.1) is 0 Å². The van der Waals surface area contributed by atoms with Crippen LogP contribution in [0.15, 0.2) is 24.3 Å². The molecule has 0 aromatic heterocycles. The van der Waals surface area contributed by atoms with Crippen LogP contribution < -0.4 is 15.8 Å². The summed E-state index contributed by atoms with van der Waals surface area (Å²) in [6.45, 7) is -1.58. The third-order valence-electron chi connectivity index (χ3n) is 3.71. The average Bonchev–Trinajstić information content (AvgIpc) is 2.84. The van der Waals surface area contributed by atoms with E-state index in [1.54, 1.807) is 18.2 Å². The van der Waals surface area contributed by atoms with Gasteiger partial charge in [0.25, 0.3) is 0 Å². The van der Waals surface area contributed by atoms with Crippen molar-refractivity contribution in [3.63, 3.8) is 0 Å². The molecule has 19 heavy (non-hydrogen) atoms. The van der Waals surface area contributed by atoms with Crippen LogP contribution in [0.5, 0.6) is 5.75 Å². The van der Waals surface area contributed by atoms with Crippen LogP contribution in [0, 0.1) is 5.92 Å². The predicted octanol–water partition coefficient (Wildman–Crippen LogP) is 2.51. The molecular formula is C14H20F2N2O. The number of hydrogen-bond acceptors (Lipinski definition) is 3. The van der Waals surface area contributed by atoms with E-state index in [4.69, 9.17) is 5.73 Å². The van der Waals surface area contributed by atoms with E-state index in [0.717, 1.165) is 18.4 Å². The molecule has 5 heteroatoms. The predicted molar refractivity (Wildman–Crippen MR) is 70.1 cm³/mol. The van der Waals surface area contributed by atoms with Crippen LogP contribution in [-0.4, -0.2) is 19.2 Å². The molecule has 0 spiro atoms. The lowest BCUT2D eigenvalue weighted by Crippen LogP contribution is -2.35. The molecule has 0 heterocycles. The number of para-hydroxylation sites is 1. The molecule has 0 radical (unpaired) electrons. The molecule has 2 atom stereocenters. The topological polar surface area (TPSA) is 47.3 Å². The number of nitrogens with two attached hydrogens (primary N) is 1. The van der Waals surface area contributed by atoms with Crippen LogP contribution in [-0.2, 0) is 6.54 Å². The summed E-state index contributed by atoms with van der Waals surface area (Å²) in [6.07, 6.45) is 3.41. The summed E-state index contributed by atoms with van der Waals surface area (Å²) < 4.78 is 29.1. The summed E-state index contributed by atoms with van der Waals surface area (Å²) in [5.41, 5.74) is 6.48. The third-order valence-corrected chi connectivity index (χ3v) is 3.71. The maximum Gasteiger partial charge on any atom is 0.387 e. The Hall–Kier alpha value is -1.20. The van der Waals surface area contributed by atoms with E-state index >= 15 is 0 Å². The second kappa shape index (κ2) is 6.82. The van der Waals surface area contributed by atoms with Crippen LogP contribution in [0.3, 0.4) is 0 Å². The van der Waals surface area contributed by atoms with E-state index < -0.39 is 6.61 Å². The van der Waals surface area contributed by atoms with E-state index in [0.29, 0.717) is 25.0 Å². The zero-order chi connectivity index (χ0) is 13.7. The van der Waals surface area contributed by atoms with E-state index in [2.05, 4.69) is 10.1 Å². The summed E-state index contributed by atoms with van der Waals surface area (Å²) in [6, 6.07) is 7.27. The van der Waals surface area contributed by atoms with E-state index in [1.165, 1.54) is 6.42 Å². The lowest BCUT2D eigenvalue weighted by Gasteiger charge is -2.20. The quantitative estimate of drug-likeness (QED) is 0.835. The molecule has 1 aliphatic rings. The first kappa shape index (κ1) is 14.2. The van der Waals surface area contributed by atoms with Crippen LogP contribution in [0.4, 0.5) is 8.78 Å². The number of halogens is 2. The fourth-order valence-electron chi connectivity index (χ4n) is 2.69. The monoisotopic (exact) mass is 270 g/mol. The van der Waals surface area contributed by atoms with Gasteiger partial charge in [-0.1, -0.05) is 24.6 Å². The molecular weight excluding hydrogens is 250 g/mol. The standard InChI is InChI=1S/C14H20F2N2O/c15-14(16)19-13-7-2-1-4-11(13)9-18-12-6-3-5-10(12)8-17/h1-2,4,7,10,12,14,18H,3,5-6,8-9,17H2. The van der Waals surface area contributed by atoms with Crippen LogP contribution in [0.25, 0.3) is 0 Å². The Bertz CT molecular complexity index is 401. The van der Waals surface area contributed by atoms with Crippen molar-refractivity contribution in [3.8, 4) is 5.75 Å². The van der Waals surface area contributed by atoms with Gasteiger partial charge < -0.3 is 15.8 Å². The number of alkyl halides is 2. The summed E-state index contributed by atoms with van der Waals surface area (Å²) in [5, 5.41) is 3.41. The molecule has 3 nitrogen and oxygen atoms in total. The fourth-order valence-corrected chi connectivity index (χ4v) is 2.69. The van der Waals surface area contributed by atoms with E-state index in [1.807, 2.05) is 6.07 Å². The first-order valence-corrected chi connectivity index (χ1v) is 6.67. The zero-order valence-electron chi connectivity index (χ0n) is 10.8. The van der Waals surface area contributed by atoms with Crippen LogP contribution in [0.2, 0.25) is 0 Å². The Morgan fingerprint density at radius 3 is 2.84 bits per heavy atom. The van der Waals surface area contributed by atoms with Gasteiger partial charge in [-0.2, -0.15) is 8.78 Å². The van der Waals surface area contributed by atoms with Crippen LogP contribution >= 0.6 is 0 Å². The molecule has 2 rings (SSSR count). The third kappa shape index (κ3) is 3.88. The van der Waals surface area contributed by atoms with E-state index in [9.17, 15) is 8.78 Å².